The molecule has 0 bridgehead atoms. The molecule has 0 aromatic heterocycles. The molecule has 5 aliphatic rings. The summed E-state index contributed by atoms with van der Waals surface area (Å²) in [5.41, 5.74) is -2.01. The Morgan fingerprint density at radius 2 is 1.44 bits per heavy atom. The quantitative estimate of drug-likeness (QED) is 0.387. The Hall–Kier alpha value is -0.250. The molecule has 0 heterocycles. The summed E-state index contributed by atoms with van der Waals surface area (Å²) in [6.45, 7) is 4.88. The van der Waals surface area contributed by atoms with Gasteiger partial charge in [0.25, 0.3) is 0 Å². The second kappa shape index (κ2) is 9.25. The average Bonchev–Trinajstić information content (AvgIpc) is 3.13. The lowest BCUT2D eigenvalue weighted by atomic mass is 9.43. The number of fused-ring (bicyclic) bond motifs is 5. The molecule has 0 aromatic carbocycles. The van der Waals surface area contributed by atoms with Gasteiger partial charge in [0.1, 0.15) is 0 Å². The Labute approximate surface area is 206 Å². The zero-order valence-corrected chi connectivity index (χ0v) is 21.8. The van der Waals surface area contributed by atoms with E-state index in [1.54, 1.807) is 0 Å². The molecule has 0 aliphatic heterocycles. The lowest BCUT2D eigenvalue weighted by Crippen LogP contribution is -2.59. The van der Waals surface area contributed by atoms with Crippen molar-refractivity contribution in [3.63, 3.8) is 0 Å². The van der Waals surface area contributed by atoms with Crippen LogP contribution < -0.4 is 0 Å². The van der Waals surface area contributed by atoms with Crippen LogP contribution in [0.1, 0.15) is 129 Å². The van der Waals surface area contributed by atoms with Crippen molar-refractivity contribution >= 4 is 0 Å². The van der Waals surface area contributed by atoms with Gasteiger partial charge in [0.15, 0.2) is 5.60 Å². The first-order valence-corrected chi connectivity index (χ1v) is 14.9. The SMILES string of the molecule is CC12CCC(O)(C(F)(F)F)CC1CCC1C2CCC2(C)C1CC[C@@H]2CCCCC1CCCCC1. The lowest BCUT2D eigenvalue weighted by molar-refractivity contribution is -0.290. The van der Waals surface area contributed by atoms with Gasteiger partial charge in [0.2, 0.25) is 0 Å². The predicted molar refractivity (Wildman–Crippen MR) is 131 cm³/mol. The van der Waals surface area contributed by atoms with Crippen molar-refractivity contribution < 1.29 is 18.3 Å². The molecule has 0 radical (unpaired) electrons. The van der Waals surface area contributed by atoms with Crippen molar-refractivity contribution in [2.24, 2.45) is 46.3 Å². The van der Waals surface area contributed by atoms with Gasteiger partial charge in [-0.05, 0) is 111 Å². The van der Waals surface area contributed by atoms with E-state index in [0.29, 0.717) is 23.7 Å². The van der Waals surface area contributed by atoms with Gasteiger partial charge in [-0.2, -0.15) is 13.2 Å². The van der Waals surface area contributed by atoms with Crippen molar-refractivity contribution in [1.29, 1.82) is 0 Å². The summed E-state index contributed by atoms with van der Waals surface area (Å²) in [5.74, 6) is 3.91. The van der Waals surface area contributed by atoms with Crippen molar-refractivity contribution in [3.8, 4) is 0 Å². The zero-order chi connectivity index (χ0) is 24.2. The average molecular weight is 483 g/mol. The minimum absolute atomic E-state index is 0.0141. The molecule has 5 rings (SSSR count). The molecule has 7 unspecified atom stereocenters. The fraction of sp³-hybridized carbons (Fsp3) is 1.00. The Morgan fingerprint density at radius 1 is 0.735 bits per heavy atom. The third-order valence-electron chi connectivity index (χ3n) is 12.6. The minimum atomic E-state index is -4.49. The highest BCUT2D eigenvalue weighted by Crippen LogP contribution is 2.69. The van der Waals surface area contributed by atoms with Gasteiger partial charge in [-0.15, -0.1) is 0 Å². The first-order chi connectivity index (χ1) is 16.1. The minimum Gasteiger partial charge on any atom is -0.380 e. The van der Waals surface area contributed by atoms with Crippen LogP contribution in [-0.4, -0.2) is 16.9 Å². The maximum Gasteiger partial charge on any atom is 0.417 e. The Balaban J connectivity index is 1.20. The van der Waals surface area contributed by atoms with Crippen LogP contribution in [0.5, 0.6) is 0 Å². The van der Waals surface area contributed by atoms with Crippen molar-refractivity contribution in [1.82, 2.24) is 0 Å². The largest absolute Gasteiger partial charge is 0.417 e. The molecule has 4 heteroatoms. The molecule has 0 aromatic rings. The van der Waals surface area contributed by atoms with Gasteiger partial charge in [-0.25, -0.2) is 0 Å². The number of unbranched alkanes of at least 4 members (excludes halogenated alkanes) is 1. The summed E-state index contributed by atoms with van der Waals surface area (Å²) in [5, 5.41) is 10.4. The number of rotatable bonds is 5. The number of aliphatic hydroxyl groups is 1. The predicted octanol–water partition coefficient (Wildman–Crippen LogP) is 9.08. The van der Waals surface area contributed by atoms with Crippen LogP contribution in [0.3, 0.4) is 0 Å². The van der Waals surface area contributed by atoms with E-state index in [4.69, 9.17) is 0 Å². The third kappa shape index (κ3) is 4.28. The van der Waals surface area contributed by atoms with Crippen LogP contribution >= 0.6 is 0 Å². The third-order valence-corrected chi connectivity index (χ3v) is 12.6. The fourth-order valence-electron chi connectivity index (χ4n) is 10.4. The standard InChI is InChI=1S/C30H49F3O/c1-27-17-16-26-24(14-12-23-20-29(34,30(31,32)33)19-18-28(23,26)2)25(27)15-13-22(27)11-7-6-10-21-8-4-3-5-9-21/h21-26,34H,3-20H2,1-2H3/t22-,23?,24?,25?,26?,27?,28?,29?/m0/s1. The fourth-order valence-corrected chi connectivity index (χ4v) is 10.4. The molecule has 196 valence electrons. The second-order valence-corrected chi connectivity index (χ2v) is 14.0. The molecule has 8 atom stereocenters. The summed E-state index contributed by atoms with van der Waals surface area (Å²) in [6.07, 6.45) is 16.0. The van der Waals surface area contributed by atoms with Gasteiger partial charge in [-0.1, -0.05) is 65.2 Å². The van der Waals surface area contributed by atoms with Gasteiger partial charge >= 0.3 is 6.18 Å². The van der Waals surface area contributed by atoms with E-state index < -0.39 is 11.8 Å². The van der Waals surface area contributed by atoms with Crippen LogP contribution in [-0.2, 0) is 0 Å². The monoisotopic (exact) mass is 482 g/mol. The van der Waals surface area contributed by atoms with E-state index in [9.17, 15) is 18.3 Å². The molecular weight excluding hydrogens is 433 g/mol. The van der Waals surface area contributed by atoms with E-state index >= 15 is 0 Å². The Bertz CT molecular complexity index is 714. The molecular formula is C30H49F3O. The molecule has 0 saturated heterocycles. The smallest absolute Gasteiger partial charge is 0.380 e. The highest BCUT2D eigenvalue weighted by atomic mass is 19.4. The molecule has 0 amide bonds. The summed E-state index contributed by atoms with van der Waals surface area (Å²) < 4.78 is 40.8. The summed E-state index contributed by atoms with van der Waals surface area (Å²) in [4.78, 5) is 0. The van der Waals surface area contributed by atoms with E-state index in [2.05, 4.69) is 13.8 Å². The van der Waals surface area contributed by atoms with E-state index in [0.717, 1.165) is 30.6 Å². The van der Waals surface area contributed by atoms with Crippen molar-refractivity contribution in [2.75, 3.05) is 0 Å². The molecule has 1 N–H and O–H groups in total. The first-order valence-electron chi connectivity index (χ1n) is 14.9. The molecule has 1 nitrogen and oxygen atoms in total. The molecule has 5 saturated carbocycles. The number of hydrogen-bond donors (Lipinski definition) is 1. The van der Waals surface area contributed by atoms with Crippen LogP contribution in [0.2, 0.25) is 0 Å². The first kappa shape index (κ1) is 25.4. The van der Waals surface area contributed by atoms with E-state index in [1.807, 2.05) is 0 Å². The zero-order valence-electron chi connectivity index (χ0n) is 21.8. The second-order valence-electron chi connectivity index (χ2n) is 14.0. The maximum atomic E-state index is 13.6. The summed E-state index contributed by atoms with van der Waals surface area (Å²) in [7, 11) is 0. The number of hydrogen-bond acceptors (Lipinski definition) is 1. The number of alkyl halides is 3. The lowest BCUT2D eigenvalue weighted by Gasteiger charge is -2.62. The van der Waals surface area contributed by atoms with Crippen LogP contribution in [0, 0.1) is 46.3 Å². The van der Waals surface area contributed by atoms with E-state index in [-0.39, 0.29) is 24.2 Å². The maximum absolute atomic E-state index is 13.6. The van der Waals surface area contributed by atoms with Crippen molar-refractivity contribution in [3.05, 3.63) is 0 Å². The van der Waals surface area contributed by atoms with Gasteiger partial charge < -0.3 is 5.11 Å². The molecule has 0 spiro atoms. The number of halogens is 3. The topological polar surface area (TPSA) is 20.2 Å². The summed E-state index contributed by atoms with van der Waals surface area (Å²) >= 11 is 0. The van der Waals surface area contributed by atoms with Crippen molar-refractivity contribution in [2.45, 2.75) is 141 Å². The molecule has 34 heavy (non-hydrogen) atoms. The highest BCUT2D eigenvalue weighted by molar-refractivity contribution is 5.11. The van der Waals surface area contributed by atoms with Gasteiger partial charge in [-0.3, -0.25) is 0 Å². The Kier molecular flexibility index (Phi) is 6.91. The molecule has 5 aliphatic carbocycles. The van der Waals surface area contributed by atoms with Crippen LogP contribution in [0.15, 0.2) is 0 Å². The molecule has 5 fully saturated rings. The highest BCUT2D eigenvalue weighted by Gasteiger charge is 2.64. The van der Waals surface area contributed by atoms with E-state index in [1.165, 1.54) is 83.5 Å². The van der Waals surface area contributed by atoms with Gasteiger partial charge in [0.05, 0.1) is 0 Å². The van der Waals surface area contributed by atoms with Crippen LogP contribution in [0.4, 0.5) is 13.2 Å². The normalized spacial score (nSPS) is 47.6. The van der Waals surface area contributed by atoms with Gasteiger partial charge in [0, 0.05) is 0 Å². The summed E-state index contributed by atoms with van der Waals surface area (Å²) in [6, 6.07) is 0. The van der Waals surface area contributed by atoms with Crippen LogP contribution in [0.25, 0.3) is 0 Å². The Morgan fingerprint density at radius 3 is 2.18 bits per heavy atom.